The van der Waals surface area contributed by atoms with Crippen molar-refractivity contribution in [1.82, 2.24) is 5.32 Å². The van der Waals surface area contributed by atoms with Gasteiger partial charge in [-0.15, -0.1) is 0 Å². The Morgan fingerprint density at radius 3 is 2.11 bits per heavy atom. The number of carbonyl (C=O) groups excluding carboxylic acids is 1. The van der Waals surface area contributed by atoms with Gasteiger partial charge in [-0.05, 0) is 49.7 Å². The molecule has 2 aromatic carbocycles. The van der Waals surface area contributed by atoms with Crippen molar-refractivity contribution in [1.29, 1.82) is 5.26 Å². The maximum absolute atomic E-state index is 12.8. The predicted molar refractivity (Wildman–Crippen MR) is 113 cm³/mol. The Kier molecular flexibility index (Phi) is 4.97. The quantitative estimate of drug-likeness (QED) is 0.805. The topological polar surface area (TPSA) is 64.9 Å². The fourth-order valence-corrected chi connectivity index (χ4v) is 4.86. The van der Waals surface area contributed by atoms with Crippen molar-refractivity contribution in [2.75, 3.05) is 5.32 Å². The monoisotopic (exact) mass is 375 g/mol. The molecule has 0 aliphatic heterocycles. The van der Waals surface area contributed by atoms with Crippen LogP contribution in [0.25, 0.3) is 0 Å². The molecular formula is C24H29N3O. The molecule has 1 saturated carbocycles. The number of nitrogens with zero attached hydrogens (tertiary/aromatic N) is 1. The summed E-state index contributed by atoms with van der Waals surface area (Å²) in [5.41, 5.74) is 4.26. The van der Waals surface area contributed by atoms with Gasteiger partial charge in [-0.25, -0.2) is 0 Å². The van der Waals surface area contributed by atoms with Crippen LogP contribution >= 0.6 is 0 Å². The highest BCUT2D eigenvalue weighted by atomic mass is 16.1. The van der Waals surface area contributed by atoms with E-state index in [0.717, 1.165) is 16.8 Å². The van der Waals surface area contributed by atoms with Crippen LogP contribution in [0.1, 0.15) is 54.7 Å². The second-order valence-corrected chi connectivity index (χ2v) is 9.13. The lowest BCUT2D eigenvalue weighted by Gasteiger charge is -2.64. The number of amides is 1. The van der Waals surface area contributed by atoms with Crippen molar-refractivity contribution < 1.29 is 4.79 Å². The number of carbonyl (C=O) groups is 1. The van der Waals surface area contributed by atoms with Gasteiger partial charge in [-0.1, -0.05) is 45.4 Å². The lowest BCUT2D eigenvalue weighted by atomic mass is 9.48. The van der Waals surface area contributed by atoms with Gasteiger partial charge in [0.05, 0.1) is 11.6 Å². The van der Waals surface area contributed by atoms with E-state index in [9.17, 15) is 4.79 Å². The van der Waals surface area contributed by atoms with Crippen LogP contribution in [0.4, 0.5) is 5.69 Å². The molecule has 0 bridgehead atoms. The molecular weight excluding hydrogens is 346 g/mol. The molecule has 28 heavy (non-hydrogen) atoms. The van der Waals surface area contributed by atoms with Crippen molar-refractivity contribution in [3.8, 4) is 6.07 Å². The Morgan fingerprint density at radius 1 is 0.964 bits per heavy atom. The zero-order chi connectivity index (χ0) is 20.7. The molecule has 2 N–H and O–H groups in total. The van der Waals surface area contributed by atoms with Crippen LogP contribution in [0, 0.1) is 36.0 Å². The van der Waals surface area contributed by atoms with Gasteiger partial charge in [0, 0.05) is 34.2 Å². The van der Waals surface area contributed by atoms with Gasteiger partial charge in [-0.3, -0.25) is 4.79 Å². The van der Waals surface area contributed by atoms with E-state index in [4.69, 9.17) is 5.26 Å². The summed E-state index contributed by atoms with van der Waals surface area (Å²) in [6, 6.07) is 15.9. The average Bonchev–Trinajstić information content (AvgIpc) is 2.64. The van der Waals surface area contributed by atoms with E-state index < -0.39 is 0 Å². The second kappa shape index (κ2) is 6.98. The summed E-state index contributed by atoms with van der Waals surface area (Å²) >= 11 is 0. The fraction of sp³-hybridized carbons (Fsp3) is 0.417. The number of benzene rings is 2. The molecule has 3 rings (SSSR count). The van der Waals surface area contributed by atoms with E-state index in [0.29, 0.717) is 11.1 Å². The van der Waals surface area contributed by atoms with E-state index >= 15 is 0 Å². The van der Waals surface area contributed by atoms with Crippen LogP contribution < -0.4 is 10.6 Å². The molecule has 2 aromatic rings. The van der Waals surface area contributed by atoms with Crippen LogP contribution in [-0.2, 0) is 0 Å². The number of nitrogens with one attached hydrogen (secondary N) is 2. The van der Waals surface area contributed by atoms with Crippen LogP contribution in [0.3, 0.4) is 0 Å². The molecule has 1 aliphatic rings. The number of rotatable bonds is 4. The van der Waals surface area contributed by atoms with Gasteiger partial charge in [0.25, 0.3) is 5.91 Å². The number of nitriles is 1. The third-order valence-corrected chi connectivity index (χ3v) is 6.22. The first kappa shape index (κ1) is 19.9. The van der Waals surface area contributed by atoms with Crippen LogP contribution in [-0.4, -0.2) is 18.0 Å². The first-order chi connectivity index (χ1) is 13.1. The summed E-state index contributed by atoms with van der Waals surface area (Å²) in [6.07, 6.45) is 0. The van der Waals surface area contributed by atoms with Crippen LogP contribution in [0.15, 0.2) is 42.5 Å². The smallest absolute Gasteiger partial charge is 0.251 e. The van der Waals surface area contributed by atoms with Crippen molar-refractivity contribution in [3.63, 3.8) is 0 Å². The normalized spacial score (nSPS) is 21.9. The Hall–Kier alpha value is -2.80. The van der Waals surface area contributed by atoms with E-state index in [-0.39, 0.29) is 28.8 Å². The highest BCUT2D eigenvalue weighted by Crippen LogP contribution is 2.55. The summed E-state index contributed by atoms with van der Waals surface area (Å²) in [4.78, 5) is 12.8. The van der Waals surface area contributed by atoms with Gasteiger partial charge < -0.3 is 10.6 Å². The molecule has 0 atom stereocenters. The van der Waals surface area contributed by atoms with Crippen molar-refractivity contribution in [2.24, 2.45) is 10.8 Å². The van der Waals surface area contributed by atoms with Gasteiger partial charge >= 0.3 is 0 Å². The van der Waals surface area contributed by atoms with E-state index in [1.807, 2.05) is 56.3 Å². The lowest BCUT2D eigenvalue weighted by Crippen LogP contribution is -2.75. The first-order valence-electron chi connectivity index (χ1n) is 9.72. The molecule has 4 nitrogen and oxygen atoms in total. The third-order valence-electron chi connectivity index (χ3n) is 6.22. The van der Waals surface area contributed by atoms with Crippen molar-refractivity contribution >= 4 is 11.6 Å². The molecule has 146 valence electrons. The number of hydrogen-bond acceptors (Lipinski definition) is 3. The first-order valence-corrected chi connectivity index (χ1v) is 9.72. The maximum atomic E-state index is 12.8. The molecule has 0 spiro atoms. The van der Waals surface area contributed by atoms with Crippen LogP contribution in [0.5, 0.6) is 0 Å². The fourth-order valence-electron chi connectivity index (χ4n) is 4.86. The Balaban J connectivity index is 1.76. The molecule has 0 saturated heterocycles. The molecule has 0 aromatic heterocycles. The molecule has 1 aliphatic carbocycles. The maximum Gasteiger partial charge on any atom is 0.251 e. The van der Waals surface area contributed by atoms with Crippen molar-refractivity contribution in [2.45, 2.75) is 53.6 Å². The highest BCUT2D eigenvalue weighted by Gasteiger charge is 2.62. The minimum absolute atomic E-state index is 0.0289. The second-order valence-electron chi connectivity index (χ2n) is 9.13. The summed E-state index contributed by atoms with van der Waals surface area (Å²) < 4.78 is 0. The predicted octanol–water partition coefficient (Wildman–Crippen LogP) is 4.82. The number of anilines is 1. The van der Waals surface area contributed by atoms with Crippen LogP contribution in [0.2, 0.25) is 0 Å². The summed E-state index contributed by atoms with van der Waals surface area (Å²) in [5.74, 6) is -0.0289. The largest absolute Gasteiger partial charge is 0.381 e. The Bertz CT molecular complexity index is 919. The molecule has 0 heterocycles. The number of hydrogen-bond donors (Lipinski definition) is 2. The molecule has 1 fully saturated rings. The van der Waals surface area contributed by atoms with Gasteiger partial charge in [0.15, 0.2) is 0 Å². The van der Waals surface area contributed by atoms with E-state index in [2.05, 4.69) is 44.4 Å². The molecule has 0 radical (unpaired) electrons. The average molecular weight is 376 g/mol. The Labute approximate surface area is 168 Å². The molecule has 1 amide bonds. The zero-order valence-corrected chi connectivity index (χ0v) is 17.6. The number of aryl methyl sites for hydroxylation is 2. The minimum atomic E-state index is -0.119. The van der Waals surface area contributed by atoms with E-state index in [1.54, 1.807) is 0 Å². The summed E-state index contributed by atoms with van der Waals surface area (Å²) in [5, 5.41) is 16.0. The minimum Gasteiger partial charge on any atom is -0.381 e. The molecule has 4 heteroatoms. The van der Waals surface area contributed by atoms with Gasteiger partial charge in [0.2, 0.25) is 0 Å². The Morgan fingerprint density at radius 2 is 1.57 bits per heavy atom. The van der Waals surface area contributed by atoms with Gasteiger partial charge in [0.1, 0.15) is 0 Å². The van der Waals surface area contributed by atoms with Gasteiger partial charge in [-0.2, -0.15) is 5.26 Å². The zero-order valence-electron chi connectivity index (χ0n) is 17.6. The third kappa shape index (κ3) is 3.38. The van der Waals surface area contributed by atoms with E-state index in [1.165, 1.54) is 0 Å². The molecule has 0 unspecified atom stereocenters. The summed E-state index contributed by atoms with van der Waals surface area (Å²) in [6.45, 7) is 12.7. The van der Waals surface area contributed by atoms with Crippen molar-refractivity contribution in [3.05, 3.63) is 64.7 Å². The summed E-state index contributed by atoms with van der Waals surface area (Å²) in [7, 11) is 0. The highest BCUT2D eigenvalue weighted by molar-refractivity contribution is 5.94. The lowest BCUT2D eigenvalue weighted by molar-refractivity contribution is -0.0554. The standard InChI is InChI=1S/C24H29N3O/c1-15-7-9-17(10-8-15)20(28)27-22-23(3,4)21(24(22,5)6)26-19-12-11-18(14-25)16(2)13-19/h7-13,21-22,26H,1-6H3,(H,27,28). The SMILES string of the molecule is Cc1ccc(C(=O)NC2C(C)(C)C(Nc3ccc(C#N)c(C)c3)C2(C)C)cc1.